The maximum atomic E-state index is 13.6. The van der Waals surface area contributed by atoms with Crippen LogP contribution in [0.4, 0.5) is 5.69 Å². The fourth-order valence-electron chi connectivity index (χ4n) is 6.01. The Morgan fingerprint density at radius 1 is 1.10 bits per heavy atom. The second-order valence-electron chi connectivity index (χ2n) is 10.3. The fraction of sp³-hybridized carbons (Fsp3) is 0.400. The minimum absolute atomic E-state index is 0.164. The van der Waals surface area contributed by atoms with Crippen LogP contribution in [0.3, 0.4) is 0 Å². The number of carbonyl (C=O) groups excluding carboxylic acids is 2. The summed E-state index contributed by atoms with van der Waals surface area (Å²) >= 11 is 0. The molecule has 0 radical (unpaired) electrons. The van der Waals surface area contributed by atoms with Crippen molar-refractivity contribution >= 4 is 36.2 Å². The molecule has 1 saturated heterocycles. The number of phenols is 1. The Bertz CT molecular complexity index is 1270. The van der Waals surface area contributed by atoms with Gasteiger partial charge in [-0.2, -0.15) is 0 Å². The molecule has 1 fully saturated rings. The molecule has 5 N–H and O–H groups in total. The zero-order chi connectivity index (χ0) is 28.3. The number of aliphatic hydroxyl groups is 2. The van der Waals surface area contributed by atoms with E-state index in [-0.39, 0.29) is 29.4 Å². The Morgan fingerprint density at radius 3 is 2.44 bits per heavy atom. The van der Waals surface area contributed by atoms with E-state index in [2.05, 4.69) is 0 Å². The maximum Gasteiger partial charge on any atom is 0.488 e. The van der Waals surface area contributed by atoms with Crippen LogP contribution in [0.5, 0.6) is 5.75 Å². The lowest BCUT2D eigenvalue weighted by Gasteiger charge is -2.36. The highest BCUT2D eigenvalue weighted by Crippen LogP contribution is 2.47. The van der Waals surface area contributed by atoms with Crippen LogP contribution in [-0.2, 0) is 9.59 Å². The van der Waals surface area contributed by atoms with Crippen LogP contribution in [0, 0.1) is 17.8 Å². The number of anilines is 1. The summed E-state index contributed by atoms with van der Waals surface area (Å²) in [5.74, 6) is -2.77. The molecular formula is C30H36BNO7. The van der Waals surface area contributed by atoms with Crippen LogP contribution in [0.15, 0.2) is 65.3 Å². The van der Waals surface area contributed by atoms with Crippen LogP contribution >= 0.6 is 0 Å². The van der Waals surface area contributed by atoms with E-state index in [9.17, 15) is 35.0 Å². The van der Waals surface area contributed by atoms with Crippen molar-refractivity contribution in [1.29, 1.82) is 0 Å². The molecule has 0 unspecified atom stereocenters. The Kier molecular flexibility index (Phi) is 9.07. The van der Waals surface area contributed by atoms with Crippen molar-refractivity contribution in [1.82, 2.24) is 0 Å². The molecule has 0 spiro atoms. The SMILES string of the molecule is CCC1=C([C@H](O)CC/C(=C/c2ccc(O)cc2)CC)[C@H](CO)[C@@H]2C(=O)N(c3cccc(B(O)O)c3)C(=O)[C@@H]2C1. The Morgan fingerprint density at radius 2 is 1.82 bits per heavy atom. The van der Waals surface area contributed by atoms with Crippen LogP contribution in [0.1, 0.15) is 51.5 Å². The molecule has 206 valence electrons. The number of carbonyl (C=O) groups is 2. The maximum absolute atomic E-state index is 13.6. The molecule has 2 aromatic carbocycles. The van der Waals surface area contributed by atoms with Gasteiger partial charge in [-0.1, -0.05) is 55.3 Å². The number of aliphatic hydroxyl groups excluding tert-OH is 2. The van der Waals surface area contributed by atoms with Gasteiger partial charge in [0.25, 0.3) is 0 Å². The molecule has 0 saturated carbocycles. The summed E-state index contributed by atoms with van der Waals surface area (Å²) in [5, 5.41) is 50.5. The number of amides is 2. The molecule has 0 aromatic heterocycles. The first-order valence-corrected chi connectivity index (χ1v) is 13.5. The Labute approximate surface area is 229 Å². The van der Waals surface area contributed by atoms with E-state index in [0.717, 1.165) is 28.0 Å². The first kappa shape index (κ1) is 28.8. The molecule has 0 bridgehead atoms. The average Bonchev–Trinajstić information content (AvgIpc) is 3.19. The minimum atomic E-state index is -1.74. The van der Waals surface area contributed by atoms with Gasteiger partial charge in [0.15, 0.2) is 0 Å². The summed E-state index contributed by atoms with van der Waals surface area (Å²) in [5.41, 5.74) is 4.05. The van der Waals surface area contributed by atoms with E-state index in [0.29, 0.717) is 31.3 Å². The number of hydrogen-bond donors (Lipinski definition) is 5. The van der Waals surface area contributed by atoms with Crippen molar-refractivity contribution in [3.8, 4) is 5.75 Å². The number of nitrogens with zero attached hydrogens (tertiary/aromatic N) is 1. The van der Waals surface area contributed by atoms with E-state index in [4.69, 9.17) is 0 Å². The fourth-order valence-corrected chi connectivity index (χ4v) is 6.01. The predicted molar refractivity (Wildman–Crippen MR) is 150 cm³/mol. The number of aromatic hydroxyl groups is 1. The molecular weight excluding hydrogens is 497 g/mol. The average molecular weight is 533 g/mol. The molecule has 4 rings (SSSR count). The van der Waals surface area contributed by atoms with Crippen molar-refractivity contribution in [2.45, 2.75) is 52.1 Å². The molecule has 2 aromatic rings. The third-order valence-corrected chi connectivity index (χ3v) is 8.05. The third kappa shape index (κ3) is 5.87. The van der Waals surface area contributed by atoms with Gasteiger partial charge in [-0.15, -0.1) is 0 Å². The van der Waals surface area contributed by atoms with Gasteiger partial charge in [-0.25, -0.2) is 0 Å². The minimum Gasteiger partial charge on any atom is -0.508 e. The largest absolute Gasteiger partial charge is 0.508 e. The molecule has 1 heterocycles. The van der Waals surface area contributed by atoms with E-state index in [1.807, 2.05) is 32.1 Å². The quantitative estimate of drug-likeness (QED) is 0.180. The number of hydrogen-bond acceptors (Lipinski definition) is 7. The number of phenolic OH excluding ortho intramolecular Hbond substituents is 1. The smallest absolute Gasteiger partial charge is 0.488 e. The third-order valence-electron chi connectivity index (χ3n) is 8.05. The molecule has 1 aliphatic heterocycles. The molecule has 1 aliphatic carbocycles. The van der Waals surface area contributed by atoms with Gasteiger partial charge in [0.2, 0.25) is 11.8 Å². The molecule has 4 atom stereocenters. The highest BCUT2D eigenvalue weighted by atomic mass is 16.4. The highest BCUT2D eigenvalue weighted by Gasteiger charge is 2.55. The monoisotopic (exact) mass is 533 g/mol. The lowest BCUT2D eigenvalue weighted by Crippen LogP contribution is -2.39. The van der Waals surface area contributed by atoms with Gasteiger partial charge >= 0.3 is 7.12 Å². The van der Waals surface area contributed by atoms with E-state index < -0.39 is 36.9 Å². The van der Waals surface area contributed by atoms with Gasteiger partial charge < -0.3 is 25.4 Å². The van der Waals surface area contributed by atoms with E-state index in [1.54, 1.807) is 24.3 Å². The molecule has 39 heavy (non-hydrogen) atoms. The van der Waals surface area contributed by atoms with Gasteiger partial charge in [0, 0.05) is 5.92 Å². The standard InChI is InChI=1S/C30H36BNO7/c1-3-18(14-19-8-11-23(34)12-9-19)10-13-26(35)27-20(4-2)15-24-28(25(27)17-33)30(37)32(29(24)36)22-7-5-6-21(16-22)31(38)39/h5-9,11-12,14,16,24-26,28,33-35,38-39H,3-4,10,13,15,17H2,1-2H3/b18-14+/t24-,25+,26-,28-/m1/s1. The summed E-state index contributed by atoms with van der Waals surface area (Å²) in [6, 6.07) is 12.9. The topological polar surface area (TPSA) is 139 Å². The van der Waals surface area contributed by atoms with Gasteiger partial charge in [0.05, 0.1) is 30.2 Å². The van der Waals surface area contributed by atoms with Crippen molar-refractivity contribution in [2.75, 3.05) is 11.5 Å². The lowest BCUT2D eigenvalue weighted by atomic mass is 9.67. The second kappa shape index (κ2) is 12.3. The summed E-state index contributed by atoms with van der Waals surface area (Å²) in [6.45, 7) is 3.62. The summed E-state index contributed by atoms with van der Waals surface area (Å²) < 4.78 is 0. The van der Waals surface area contributed by atoms with Crippen molar-refractivity contribution < 1.29 is 35.0 Å². The Hall–Kier alpha value is -3.24. The molecule has 2 amide bonds. The van der Waals surface area contributed by atoms with Crippen molar-refractivity contribution in [2.24, 2.45) is 17.8 Å². The van der Waals surface area contributed by atoms with Gasteiger partial charge in [-0.05, 0) is 73.0 Å². The number of benzene rings is 2. The van der Waals surface area contributed by atoms with E-state index >= 15 is 0 Å². The number of fused-ring (bicyclic) bond motifs is 1. The zero-order valence-corrected chi connectivity index (χ0v) is 22.3. The number of allylic oxidation sites excluding steroid dienone is 2. The first-order valence-electron chi connectivity index (χ1n) is 13.5. The van der Waals surface area contributed by atoms with Crippen LogP contribution in [-0.4, -0.2) is 57.0 Å². The van der Waals surface area contributed by atoms with Crippen LogP contribution < -0.4 is 10.4 Å². The van der Waals surface area contributed by atoms with Gasteiger partial charge in [-0.3, -0.25) is 14.5 Å². The van der Waals surface area contributed by atoms with Crippen molar-refractivity contribution in [3.05, 3.63) is 70.8 Å². The molecule has 9 heteroatoms. The van der Waals surface area contributed by atoms with Crippen molar-refractivity contribution in [3.63, 3.8) is 0 Å². The normalized spacial score (nSPS) is 22.4. The first-order chi connectivity index (χ1) is 18.7. The second-order valence-corrected chi connectivity index (χ2v) is 10.3. The predicted octanol–water partition coefficient (Wildman–Crippen LogP) is 2.53. The van der Waals surface area contributed by atoms with E-state index in [1.165, 1.54) is 12.1 Å². The van der Waals surface area contributed by atoms with Crippen LogP contribution in [0.2, 0.25) is 0 Å². The number of imide groups is 1. The summed E-state index contributed by atoms with van der Waals surface area (Å²) in [7, 11) is -1.74. The Balaban J connectivity index is 1.58. The van der Waals surface area contributed by atoms with Crippen LogP contribution in [0.25, 0.3) is 6.08 Å². The zero-order valence-electron chi connectivity index (χ0n) is 22.3. The highest BCUT2D eigenvalue weighted by molar-refractivity contribution is 6.58. The summed E-state index contributed by atoms with van der Waals surface area (Å²) in [6.07, 6.45) is 3.88. The lowest BCUT2D eigenvalue weighted by molar-refractivity contribution is -0.123. The molecule has 2 aliphatic rings. The molecule has 8 nitrogen and oxygen atoms in total. The number of rotatable bonds is 10. The van der Waals surface area contributed by atoms with Gasteiger partial charge in [0.1, 0.15) is 5.75 Å². The summed E-state index contributed by atoms with van der Waals surface area (Å²) in [4.78, 5) is 28.2.